The maximum absolute atomic E-state index is 5.17. The molecule has 1 saturated heterocycles. The fraction of sp³-hybridized carbons (Fsp3) is 0.600. The van der Waals surface area contributed by atoms with Crippen molar-refractivity contribution in [1.82, 2.24) is 10.6 Å². The molecule has 18 heavy (non-hydrogen) atoms. The molecule has 3 heteroatoms. The molecule has 1 heterocycles. The Morgan fingerprint density at radius 2 is 2.11 bits per heavy atom. The maximum atomic E-state index is 5.17. The van der Waals surface area contributed by atoms with Crippen molar-refractivity contribution in [2.75, 3.05) is 20.2 Å². The molecule has 1 aromatic carbocycles. The Kier molecular flexibility index (Phi) is 5.02. The molecular formula is C15H24N2O. The minimum atomic E-state index is 0.389. The number of rotatable bonds is 5. The van der Waals surface area contributed by atoms with E-state index in [-0.39, 0.29) is 0 Å². The van der Waals surface area contributed by atoms with Crippen LogP contribution in [0, 0.1) is 0 Å². The molecule has 3 nitrogen and oxygen atoms in total. The molecule has 0 amide bonds. The van der Waals surface area contributed by atoms with E-state index >= 15 is 0 Å². The van der Waals surface area contributed by atoms with Crippen LogP contribution in [0.3, 0.4) is 0 Å². The predicted octanol–water partition coefficient (Wildman–Crippen LogP) is 2.49. The predicted molar refractivity (Wildman–Crippen MR) is 75.1 cm³/mol. The van der Waals surface area contributed by atoms with Crippen molar-refractivity contribution in [1.29, 1.82) is 0 Å². The molecule has 0 radical (unpaired) electrons. The van der Waals surface area contributed by atoms with Gasteiger partial charge in [0.25, 0.3) is 0 Å². The summed E-state index contributed by atoms with van der Waals surface area (Å²) < 4.78 is 5.17. The molecule has 1 aliphatic rings. The van der Waals surface area contributed by atoms with E-state index < -0.39 is 0 Å². The van der Waals surface area contributed by atoms with Crippen LogP contribution in [-0.4, -0.2) is 26.2 Å². The standard InChI is InChI=1S/C15H24N2O/c1-12(13-6-8-15(18-2)9-7-13)17-11-14-5-3-4-10-16-14/h6-9,12,14,16-17H,3-5,10-11H2,1-2H3/t12-,14?/m0/s1. The largest absolute Gasteiger partial charge is 0.497 e. The highest BCUT2D eigenvalue weighted by atomic mass is 16.5. The van der Waals surface area contributed by atoms with Crippen molar-refractivity contribution in [3.8, 4) is 5.75 Å². The average molecular weight is 248 g/mol. The lowest BCUT2D eigenvalue weighted by atomic mass is 10.0. The average Bonchev–Trinajstić information content (AvgIpc) is 2.46. The summed E-state index contributed by atoms with van der Waals surface area (Å²) in [6.07, 6.45) is 3.98. The SMILES string of the molecule is COc1ccc([C@H](C)NCC2CCCCN2)cc1. The second-order valence-electron chi connectivity index (χ2n) is 5.05. The molecule has 1 unspecified atom stereocenters. The Hall–Kier alpha value is -1.06. The molecule has 2 N–H and O–H groups in total. The summed E-state index contributed by atoms with van der Waals surface area (Å²) in [7, 11) is 1.70. The molecule has 1 aliphatic heterocycles. The van der Waals surface area contributed by atoms with Gasteiger partial charge in [0.2, 0.25) is 0 Å². The van der Waals surface area contributed by atoms with Crippen LogP contribution in [0.4, 0.5) is 0 Å². The third-order valence-corrected chi connectivity index (χ3v) is 3.70. The summed E-state index contributed by atoms with van der Waals surface area (Å²) in [5.74, 6) is 0.917. The first-order valence-electron chi connectivity index (χ1n) is 6.90. The Balaban J connectivity index is 1.80. The van der Waals surface area contributed by atoms with Crippen molar-refractivity contribution in [3.05, 3.63) is 29.8 Å². The first-order chi connectivity index (χ1) is 8.79. The minimum Gasteiger partial charge on any atom is -0.497 e. The van der Waals surface area contributed by atoms with Crippen LogP contribution in [0.15, 0.2) is 24.3 Å². The van der Waals surface area contributed by atoms with Gasteiger partial charge in [0.15, 0.2) is 0 Å². The number of benzene rings is 1. The molecule has 0 aliphatic carbocycles. The quantitative estimate of drug-likeness (QED) is 0.840. The highest BCUT2D eigenvalue weighted by Gasteiger charge is 2.13. The molecule has 1 aromatic rings. The molecule has 2 atom stereocenters. The van der Waals surface area contributed by atoms with Crippen LogP contribution in [0.2, 0.25) is 0 Å². The van der Waals surface area contributed by atoms with E-state index in [1.807, 2.05) is 12.1 Å². The molecular weight excluding hydrogens is 224 g/mol. The minimum absolute atomic E-state index is 0.389. The third-order valence-electron chi connectivity index (χ3n) is 3.70. The van der Waals surface area contributed by atoms with Gasteiger partial charge in [0.1, 0.15) is 5.75 Å². The van der Waals surface area contributed by atoms with E-state index in [2.05, 4.69) is 29.7 Å². The van der Waals surface area contributed by atoms with Crippen LogP contribution >= 0.6 is 0 Å². The van der Waals surface area contributed by atoms with E-state index in [0.29, 0.717) is 12.1 Å². The first-order valence-corrected chi connectivity index (χ1v) is 6.90. The van der Waals surface area contributed by atoms with E-state index in [0.717, 1.165) is 12.3 Å². The van der Waals surface area contributed by atoms with Crippen LogP contribution in [0.1, 0.15) is 37.8 Å². The van der Waals surface area contributed by atoms with Gasteiger partial charge in [-0.15, -0.1) is 0 Å². The topological polar surface area (TPSA) is 33.3 Å². The Labute approximate surface area is 110 Å². The zero-order valence-corrected chi connectivity index (χ0v) is 11.4. The number of methoxy groups -OCH3 is 1. The Morgan fingerprint density at radius 3 is 2.72 bits per heavy atom. The van der Waals surface area contributed by atoms with Gasteiger partial charge in [0.05, 0.1) is 7.11 Å². The van der Waals surface area contributed by atoms with Gasteiger partial charge in [-0.25, -0.2) is 0 Å². The van der Waals surface area contributed by atoms with Gasteiger partial charge in [-0.2, -0.15) is 0 Å². The number of ether oxygens (including phenoxy) is 1. The van der Waals surface area contributed by atoms with Gasteiger partial charge >= 0.3 is 0 Å². The summed E-state index contributed by atoms with van der Waals surface area (Å²) in [4.78, 5) is 0. The Bertz CT molecular complexity index is 344. The summed E-state index contributed by atoms with van der Waals surface area (Å²) in [6, 6.07) is 9.33. The zero-order valence-electron chi connectivity index (χ0n) is 11.4. The lowest BCUT2D eigenvalue weighted by Gasteiger charge is -2.25. The van der Waals surface area contributed by atoms with Gasteiger partial charge in [0, 0.05) is 18.6 Å². The summed E-state index contributed by atoms with van der Waals surface area (Å²) in [6.45, 7) is 4.43. The monoisotopic (exact) mass is 248 g/mol. The molecule has 100 valence electrons. The smallest absolute Gasteiger partial charge is 0.118 e. The van der Waals surface area contributed by atoms with Gasteiger partial charge in [-0.3, -0.25) is 0 Å². The maximum Gasteiger partial charge on any atom is 0.118 e. The molecule has 2 rings (SSSR count). The normalized spacial score (nSPS) is 21.6. The number of nitrogens with one attached hydrogen (secondary N) is 2. The fourth-order valence-electron chi connectivity index (χ4n) is 2.43. The van der Waals surface area contributed by atoms with Crippen LogP contribution in [0.5, 0.6) is 5.75 Å². The van der Waals surface area contributed by atoms with E-state index in [1.165, 1.54) is 31.4 Å². The lowest BCUT2D eigenvalue weighted by molar-refractivity contribution is 0.371. The number of hydrogen-bond acceptors (Lipinski definition) is 3. The van der Waals surface area contributed by atoms with Crippen LogP contribution < -0.4 is 15.4 Å². The van der Waals surface area contributed by atoms with Gasteiger partial charge < -0.3 is 15.4 Å². The van der Waals surface area contributed by atoms with Crippen LogP contribution in [-0.2, 0) is 0 Å². The highest BCUT2D eigenvalue weighted by molar-refractivity contribution is 5.28. The van der Waals surface area contributed by atoms with Gasteiger partial charge in [-0.1, -0.05) is 18.6 Å². The van der Waals surface area contributed by atoms with Crippen molar-refractivity contribution in [2.24, 2.45) is 0 Å². The fourth-order valence-corrected chi connectivity index (χ4v) is 2.43. The highest BCUT2D eigenvalue weighted by Crippen LogP contribution is 2.17. The second-order valence-corrected chi connectivity index (χ2v) is 5.05. The second kappa shape index (κ2) is 6.76. The van der Waals surface area contributed by atoms with Crippen molar-refractivity contribution >= 4 is 0 Å². The zero-order chi connectivity index (χ0) is 12.8. The molecule has 0 spiro atoms. The lowest BCUT2D eigenvalue weighted by Crippen LogP contribution is -2.42. The Morgan fingerprint density at radius 1 is 1.33 bits per heavy atom. The van der Waals surface area contributed by atoms with E-state index in [4.69, 9.17) is 4.74 Å². The first kappa shape index (κ1) is 13.4. The summed E-state index contributed by atoms with van der Waals surface area (Å²) in [5.41, 5.74) is 1.31. The number of hydrogen-bond donors (Lipinski definition) is 2. The van der Waals surface area contributed by atoms with Crippen LogP contribution in [0.25, 0.3) is 0 Å². The molecule has 1 fully saturated rings. The van der Waals surface area contributed by atoms with E-state index in [9.17, 15) is 0 Å². The van der Waals surface area contributed by atoms with Crippen molar-refractivity contribution in [2.45, 2.75) is 38.3 Å². The molecule has 0 aromatic heterocycles. The summed E-state index contributed by atoms with van der Waals surface area (Å²) in [5, 5.41) is 7.16. The number of piperidine rings is 1. The van der Waals surface area contributed by atoms with Crippen molar-refractivity contribution < 1.29 is 4.74 Å². The third kappa shape index (κ3) is 3.72. The van der Waals surface area contributed by atoms with E-state index in [1.54, 1.807) is 7.11 Å². The van der Waals surface area contributed by atoms with Crippen molar-refractivity contribution in [3.63, 3.8) is 0 Å². The van der Waals surface area contributed by atoms with Gasteiger partial charge in [-0.05, 0) is 44.0 Å². The molecule has 0 bridgehead atoms. The summed E-state index contributed by atoms with van der Waals surface area (Å²) >= 11 is 0. The molecule has 0 saturated carbocycles.